The lowest BCUT2D eigenvalue weighted by Crippen LogP contribution is -2.12. The number of aromatic amines is 1. The van der Waals surface area contributed by atoms with E-state index >= 15 is 0 Å². The summed E-state index contributed by atoms with van der Waals surface area (Å²) in [5, 5.41) is 4.22. The van der Waals surface area contributed by atoms with Gasteiger partial charge in [0.2, 0.25) is 0 Å². The van der Waals surface area contributed by atoms with Crippen LogP contribution in [0.15, 0.2) is 66.8 Å². The molecule has 3 aliphatic heterocycles. The molecule has 0 saturated heterocycles. The van der Waals surface area contributed by atoms with Crippen molar-refractivity contribution < 1.29 is 4.79 Å². The minimum Gasteiger partial charge on any atom is -0.290 e. The van der Waals surface area contributed by atoms with Crippen LogP contribution in [0.5, 0.6) is 0 Å². The fraction of sp³-hybridized carbons (Fsp3) is 0.0500. The number of rotatable bonds is 0. The molecule has 25 heavy (non-hydrogen) atoms. The molecule has 0 aromatic heterocycles. The van der Waals surface area contributed by atoms with Crippen molar-refractivity contribution in [3.05, 3.63) is 72.0 Å². The summed E-state index contributed by atoms with van der Waals surface area (Å²) in [6, 6.07) is 8.24. The van der Waals surface area contributed by atoms with Gasteiger partial charge in [-0.25, -0.2) is 4.98 Å². The van der Waals surface area contributed by atoms with Gasteiger partial charge in [-0.15, -0.1) is 0 Å². The van der Waals surface area contributed by atoms with Gasteiger partial charge in [-0.3, -0.25) is 19.6 Å². The van der Waals surface area contributed by atoms with Crippen molar-refractivity contribution in [3.8, 4) is 16.8 Å². The van der Waals surface area contributed by atoms with E-state index in [0.717, 1.165) is 44.2 Å². The third-order valence-electron chi connectivity index (χ3n) is 4.67. The van der Waals surface area contributed by atoms with Crippen molar-refractivity contribution in [3.63, 3.8) is 0 Å². The molecular weight excluding hydrogens is 312 g/mol. The molecule has 5 nitrogen and oxygen atoms in total. The Balaban J connectivity index is 1.95. The van der Waals surface area contributed by atoms with Gasteiger partial charge in [0, 0.05) is 22.5 Å². The molecule has 0 saturated carbocycles. The molecule has 1 aliphatic carbocycles. The lowest BCUT2D eigenvalue weighted by molar-refractivity contribution is -0.110. The fourth-order valence-electron chi connectivity index (χ4n) is 3.50. The molecule has 0 amide bonds. The van der Waals surface area contributed by atoms with Crippen molar-refractivity contribution >= 4 is 22.4 Å². The third kappa shape index (κ3) is 1.99. The first-order valence-electron chi connectivity index (χ1n) is 8.05. The quantitative estimate of drug-likeness (QED) is 0.540. The predicted octanol–water partition coefficient (Wildman–Crippen LogP) is 2.81. The first-order chi connectivity index (χ1) is 12.2. The number of aromatic nitrogens is 4. The molecule has 1 aromatic carbocycles. The number of hydrogen-bond donors (Lipinski definition) is 1. The van der Waals surface area contributed by atoms with Crippen molar-refractivity contribution in [2.75, 3.05) is 0 Å². The lowest BCUT2D eigenvalue weighted by atomic mass is 9.96. The number of carbonyl (C=O) groups is 1. The Kier molecular flexibility index (Phi) is 2.79. The largest absolute Gasteiger partial charge is 0.290 e. The molecule has 0 radical (unpaired) electrons. The smallest absolute Gasteiger partial charge is 0.178 e. The number of hydrogen-bond acceptors (Lipinski definition) is 3. The van der Waals surface area contributed by atoms with Gasteiger partial charge in [-0.05, 0) is 42.4 Å². The number of fused-ring (bicyclic) bond motifs is 2. The summed E-state index contributed by atoms with van der Waals surface area (Å²) in [6.07, 6.45) is 10.5. The standard InChI is InChI=1S/C20H14N4O/c1-12-8-15(25)4-5-16(12)17-6-7-18-19-13(9-22-20(17)19)2-3-14-10-21-11-23-24(14)18/h2-11H,1H3,(H,21,23)/b17-16-. The first-order valence-corrected chi connectivity index (χ1v) is 8.05. The second-order valence-electron chi connectivity index (χ2n) is 6.18. The average Bonchev–Trinajstić information content (AvgIpc) is 2.97. The molecule has 0 spiro atoms. The molecular formula is C20H14N4O. The molecule has 5 rings (SSSR count). The Morgan fingerprint density at radius 3 is 2.88 bits per heavy atom. The molecule has 0 fully saturated rings. The summed E-state index contributed by atoms with van der Waals surface area (Å²) in [7, 11) is 0. The number of nitrogens with zero attached hydrogens (tertiary/aromatic N) is 3. The van der Waals surface area contributed by atoms with Crippen LogP contribution in [0.2, 0.25) is 0 Å². The minimum absolute atomic E-state index is 0.0256. The Labute approximate surface area is 143 Å². The van der Waals surface area contributed by atoms with Crippen molar-refractivity contribution in [1.82, 2.24) is 19.7 Å². The number of nitrogens with one attached hydrogen (secondary N) is 1. The Morgan fingerprint density at radius 1 is 1.08 bits per heavy atom. The SMILES string of the molecule is CC1=CC(=O)C=C/C1=c1\ccc2c3c1ncc-3ccc1cnc[nH]n2-1. The van der Waals surface area contributed by atoms with Crippen LogP contribution >= 0.6 is 0 Å². The van der Waals surface area contributed by atoms with E-state index in [0.29, 0.717) is 0 Å². The fourth-order valence-corrected chi connectivity index (χ4v) is 3.50. The molecule has 0 unspecified atom stereocenters. The summed E-state index contributed by atoms with van der Waals surface area (Å²) in [4.78, 5) is 20.4. The third-order valence-corrected chi connectivity index (χ3v) is 4.67. The van der Waals surface area contributed by atoms with Crippen LogP contribution in [-0.4, -0.2) is 25.5 Å². The summed E-state index contributed by atoms with van der Waals surface area (Å²) in [6.45, 7) is 1.96. The normalized spacial score (nSPS) is 16.8. The minimum atomic E-state index is 0.0256. The summed E-state index contributed by atoms with van der Waals surface area (Å²) < 4.78 is 2.00. The second-order valence-corrected chi connectivity index (χ2v) is 6.18. The number of carbonyl (C=O) groups excluding carboxylic acids is 1. The summed E-state index contributed by atoms with van der Waals surface area (Å²) in [5.41, 5.74) is 7.09. The lowest BCUT2D eigenvalue weighted by Gasteiger charge is -2.11. The zero-order valence-electron chi connectivity index (χ0n) is 13.5. The van der Waals surface area contributed by atoms with E-state index in [-0.39, 0.29) is 5.78 Å². The molecule has 1 aromatic rings. The molecule has 120 valence electrons. The highest BCUT2D eigenvalue weighted by atomic mass is 16.1. The van der Waals surface area contributed by atoms with Crippen molar-refractivity contribution in [2.24, 2.45) is 0 Å². The molecule has 0 atom stereocenters. The van der Waals surface area contributed by atoms with Crippen molar-refractivity contribution in [1.29, 1.82) is 0 Å². The molecule has 1 N–H and O–H groups in total. The van der Waals surface area contributed by atoms with E-state index in [9.17, 15) is 4.79 Å². The second kappa shape index (κ2) is 5.01. The van der Waals surface area contributed by atoms with Crippen molar-refractivity contribution in [2.45, 2.75) is 6.92 Å². The zero-order valence-corrected chi connectivity index (χ0v) is 13.5. The monoisotopic (exact) mass is 326 g/mol. The molecule has 3 heterocycles. The highest BCUT2D eigenvalue weighted by Gasteiger charge is 2.17. The maximum absolute atomic E-state index is 11.6. The Hall–Kier alpha value is -3.47. The highest BCUT2D eigenvalue weighted by molar-refractivity contribution is 6.07. The van der Waals surface area contributed by atoms with Crippen LogP contribution < -0.4 is 5.22 Å². The van der Waals surface area contributed by atoms with E-state index in [2.05, 4.69) is 33.3 Å². The summed E-state index contributed by atoms with van der Waals surface area (Å²) >= 11 is 0. The van der Waals surface area contributed by atoms with Crippen LogP contribution in [0.3, 0.4) is 0 Å². The summed E-state index contributed by atoms with van der Waals surface area (Å²) in [5.74, 6) is 0.0256. The number of benzene rings is 1. The zero-order chi connectivity index (χ0) is 17.0. The molecule has 0 bridgehead atoms. The van der Waals surface area contributed by atoms with Gasteiger partial charge in [-0.2, -0.15) is 0 Å². The number of H-pyrrole nitrogens is 1. The number of ketones is 1. The van der Waals surface area contributed by atoms with Crippen LogP contribution in [0.4, 0.5) is 0 Å². The maximum atomic E-state index is 11.6. The molecule has 5 heteroatoms. The van der Waals surface area contributed by atoms with Gasteiger partial charge in [0.05, 0.1) is 22.9 Å². The van der Waals surface area contributed by atoms with Gasteiger partial charge in [0.1, 0.15) is 6.33 Å². The number of allylic oxidation sites excluding steroid dienone is 4. The van der Waals surface area contributed by atoms with Crippen LogP contribution in [0.1, 0.15) is 6.92 Å². The molecule has 4 aliphatic rings. The van der Waals surface area contributed by atoms with Gasteiger partial charge in [0.15, 0.2) is 5.78 Å². The Morgan fingerprint density at radius 2 is 2.00 bits per heavy atom. The van der Waals surface area contributed by atoms with E-state index in [1.165, 1.54) is 0 Å². The van der Waals surface area contributed by atoms with E-state index in [1.54, 1.807) is 18.5 Å². The van der Waals surface area contributed by atoms with Crippen LogP contribution in [-0.2, 0) is 4.79 Å². The van der Waals surface area contributed by atoms with Gasteiger partial charge in [-0.1, -0.05) is 18.2 Å². The maximum Gasteiger partial charge on any atom is 0.178 e. The van der Waals surface area contributed by atoms with E-state index in [1.807, 2.05) is 36.1 Å². The topological polar surface area (TPSA) is 63.6 Å². The van der Waals surface area contributed by atoms with Gasteiger partial charge >= 0.3 is 0 Å². The highest BCUT2D eigenvalue weighted by Crippen LogP contribution is 2.32. The first kappa shape index (κ1) is 13.9. The Bertz CT molecular complexity index is 1220. The average molecular weight is 326 g/mol. The van der Waals surface area contributed by atoms with Crippen LogP contribution in [0, 0.1) is 0 Å². The predicted molar refractivity (Wildman–Crippen MR) is 96.4 cm³/mol. The van der Waals surface area contributed by atoms with E-state index < -0.39 is 0 Å². The van der Waals surface area contributed by atoms with E-state index in [4.69, 9.17) is 0 Å². The van der Waals surface area contributed by atoms with Crippen LogP contribution in [0.25, 0.3) is 33.4 Å². The van der Waals surface area contributed by atoms with Gasteiger partial charge < -0.3 is 0 Å². The van der Waals surface area contributed by atoms with Gasteiger partial charge in [0.25, 0.3) is 0 Å².